The minimum atomic E-state index is -1.46. The van der Waals surface area contributed by atoms with Crippen LogP contribution in [0.25, 0.3) is 0 Å². The molecule has 2 unspecified atom stereocenters. The van der Waals surface area contributed by atoms with Crippen LogP contribution < -0.4 is 18.9 Å². The van der Waals surface area contributed by atoms with Crippen LogP contribution in [0.4, 0.5) is 0 Å². The highest BCUT2D eigenvalue weighted by molar-refractivity contribution is 6.18. The second-order valence-electron chi connectivity index (χ2n) is 8.16. The number of hydrogen-bond donors (Lipinski definition) is 0. The van der Waals surface area contributed by atoms with E-state index in [-0.39, 0.29) is 22.6 Å². The fourth-order valence-corrected chi connectivity index (χ4v) is 4.67. The number of hydrogen-bond acceptors (Lipinski definition) is 8. The van der Waals surface area contributed by atoms with Crippen molar-refractivity contribution < 1.29 is 38.1 Å². The smallest absolute Gasteiger partial charge is 0.322 e. The first-order chi connectivity index (χ1) is 16.9. The van der Waals surface area contributed by atoms with E-state index in [9.17, 15) is 19.2 Å². The van der Waals surface area contributed by atoms with Gasteiger partial charge in [-0.3, -0.25) is 19.2 Å². The van der Waals surface area contributed by atoms with Crippen LogP contribution in [0.2, 0.25) is 0 Å². The number of benzene rings is 3. The van der Waals surface area contributed by atoms with Crippen LogP contribution in [-0.4, -0.2) is 37.7 Å². The molecule has 2 aliphatic heterocycles. The van der Waals surface area contributed by atoms with Crippen molar-refractivity contribution in [1.29, 1.82) is 0 Å². The maximum absolute atomic E-state index is 13.6. The Bertz CT molecular complexity index is 1300. The van der Waals surface area contributed by atoms with Gasteiger partial charge in [0.2, 0.25) is 0 Å². The number of esters is 2. The Hall–Kier alpha value is -4.46. The van der Waals surface area contributed by atoms with Crippen molar-refractivity contribution in [2.24, 2.45) is 11.8 Å². The summed E-state index contributed by atoms with van der Waals surface area (Å²) in [5.41, 5.74) is 0.742. The topological polar surface area (TPSA) is 105 Å². The summed E-state index contributed by atoms with van der Waals surface area (Å²) in [6.07, 6.45) is 0. The molecule has 0 radical (unpaired) electrons. The van der Waals surface area contributed by atoms with Crippen LogP contribution in [0.1, 0.15) is 32.2 Å². The second kappa shape index (κ2) is 8.72. The third-order valence-corrected chi connectivity index (χ3v) is 6.31. The number of carbonyl (C=O) groups is 4. The molecule has 176 valence electrons. The minimum absolute atomic E-state index is 0.132. The first-order valence-electron chi connectivity index (χ1n) is 10.9. The van der Waals surface area contributed by atoms with Gasteiger partial charge in [-0.15, -0.1) is 0 Å². The molecular formula is C27H20O8. The van der Waals surface area contributed by atoms with Crippen molar-refractivity contribution in [2.45, 2.75) is 5.92 Å². The molecule has 0 aliphatic carbocycles. The summed E-state index contributed by atoms with van der Waals surface area (Å²) in [7, 11) is 2.90. The number of carbonyl (C=O) groups excluding carboxylic acids is 4. The summed E-state index contributed by atoms with van der Waals surface area (Å²) in [4.78, 5) is 53.6. The molecule has 3 aromatic carbocycles. The Labute approximate surface area is 200 Å². The molecule has 0 fully saturated rings. The van der Waals surface area contributed by atoms with Gasteiger partial charge >= 0.3 is 11.9 Å². The zero-order valence-corrected chi connectivity index (χ0v) is 18.8. The van der Waals surface area contributed by atoms with Gasteiger partial charge < -0.3 is 18.9 Å². The van der Waals surface area contributed by atoms with Crippen molar-refractivity contribution in [1.82, 2.24) is 0 Å². The fraction of sp³-hybridized carbons (Fsp3) is 0.185. The van der Waals surface area contributed by atoms with E-state index in [1.807, 2.05) is 0 Å². The summed E-state index contributed by atoms with van der Waals surface area (Å²) < 4.78 is 21.6. The predicted octanol–water partition coefficient (Wildman–Crippen LogP) is 3.62. The molecular weight excluding hydrogens is 452 g/mol. The highest BCUT2D eigenvalue weighted by Crippen LogP contribution is 2.45. The molecule has 0 bridgehead atoms. The second-order valence-corrected chi connectivity index (χ2v) is 8.16. The van der Waals surface area contributed by atoms with E-state index in [1.54, 1.807) is 54.6 Å². The summed E-state index contributed by atoms with van der Waals surface area (Å²) in [6, 6.07) is 17.4. The maximum Gasteiger partial charge on any atom is 0.322 e. The first kappa shape index (κ1) is 22.3. The van der Waals surface area contributed by atoms with Crippen LogP contribution in [0.3, 0.4) is 0 Å². The van der Waals surface area contributed by atoms with Gasteiger partial charge in [0.25, 0.3) is 0 Å². The van der Waals surface area contributed by atoms with Gasteiger partial charge in [-0.2, -0.15) is 0 Å². The molecule has 3 aromatic rings. The Kier molecular flexibility index (Phi) is 5.56. The average Bonchev–Trinajstić information content (AvgIpc) is 2.87. The highest BCUT2D eigenvalue weighted by atomic mass is 16.5. The molecule has 35 heavy (non-hydrogen) atoms. The molecule has 0 N–H and O–H groups in total. The van der Waals surface area contributed by atoms with Gasteiger partial charge in [0.05, 0.1) is 25.3 Å². The predicted molar refractivity (Wildman–Crippen MR) is 122 cm³/mol. The van der Waals surface area contributed by atoms with Crippen LogP contribution in [-0.2, 0) is 9.59 Å². The van der Waals surface area contributed by atoms with E-state index in [0.29, 0.717) is 17.1 Å². The van der Waals surface area contributed by atoms with E-state index in [4.69, 9.17) is 18.9 Å². The van der Waals surface area contributed by atoms with Gasteiger partial charge in [-0.25, -0.2) is 0 Å². The molecule has 8 nitrogen and oxygen atoms in total. The Morgan fingerprint density at radius 3 is 1.63 bits per heavy atom. The number of rotatable bonds is 5. The van der Waals surface area contributed by atoms with Crippen molar-refractivity contribution in [3.8, 4) is 23.0 Å². The monoisotopic (exact) mass is 472 g/mol. The lowest BCUT2D eigenvalue weighted by atomic mass is 9.70. The van der Waals surface area contributed by atoms with Crippen molar-refractivity contribution in [3.05, 3.63) is 83.4 Å². The molecule has 0 saturated carbocycles. The van der Waals surface area contributed by atoms with Crippen LogP contribution in [0.15, 0.2) is 66.7 Å². The number of para-hydroxylation sites is 2. The van der Waals surface area contributed by atoms with Crippen molar-refractivity contribution >= 4 is 23.5 Å². The van der Waals surface area contributed by atoms with Gasteiger partial charge in [0, 0.05) is 5.92 Å². The van der Waals surface area contributed by atoms with Gasteiger partial charge in [0.1, 0.15) is 23.3 Å². The third kappa shape index (κ3) is 3.63. The lowest BCUT2D eigenvalue weighted by Crippen LogP contribution is -2.46. The quantitative estimate of drug-likeness (QED) is 0.315. The van der Waals surface area contributed by atoms with E-state index >= 15 is 0 Å². The van der Waals surface area contributed by atoms with Gasteiger partial charge in [-0.1, -0.05) is 30.3 Å². The first-order valence-corrected chi connectivity index (χ1v) is 10.9. The normalized spacial score (nSPS) is 19.7. The number of fused-ring (bicyclic) bond motifs is 2. The fourth-order valence-electron chi connectivity index (χ4n) is 4.67. The maximum atomic E-state index is 13.6. The summed E-state index contributed by atoms with van der Waals surface area (Å²) in [5, 5.41) is 0. The molecule has 0 aromatic heterocycles. The average molecular weight is 472 g/mol. The van der Waals surface area contributed by atoms with Crippen LogP contribution in [0.5, 0.6) is 23.0 Å². The number of ketones is 2. The molecule has 0 amide bonds. The third-order valence-electron chi connectivity index (χ3n) is 6.31. The van der Waals surface area contributed by atoms with Gasteiger partial charge in [0.15, 0.2) is 23.1 Å². The number of ether oxygens (including phenoxy) is 4. The Balaban J connectivity index is 1.69. The lowest BCUT2D eigenvalue weighted by Gasteiger charge is -2.34. The zero-order valence-electron chi connectivity index (χ0n) is 18.8. The van der Waals surface area contributed by atoms with Crippen molar-refractivity contribution in [2.75, 3.05) is 14.2 Å². The highest BCUT2D eigenvalue weighted by Gasteiger charge is 2.52. The van der Waals surface area contributed by atoms with Crippen LogP contribution in [0, 0.1) is 11.8 Å². The summed E-state index contributed by atoms with van der Waals surface area (Å²) in [5.74, 6) is -5.96. The van der Waals surface area contributed by atoms with E-state index in [0.717, 1.165) is 0 Å². The molecule has 0 saturated heterocycles. The Morgan fingerprint density at radius 2 is 1.14 bits per heavy atom. The minimum Gasteiger partial charge on any atom is -0.493 e. The lowest BCUT2D eigenvalue weighted by molar-refractivity contribution is -0.142. The molecule has 5 rings (SSSR count). The summed E-state index contributed by atoms with van der Waals surface area (Å²) >= 11 is 0. The molecule has 8 heteroatoms. The van der Waals surface area contributed by atoms with E-state index in [2.05, 4.69) is 0 Å². The summed E-state index contributed by atoms with van der Waals surface area (Å²) in [6.45, 7) is 0. The number of Topliss-reactive ketones (excluding diaryl/α,β-unsaturated/α-hetero) is 2. The Morgan fingerprint density at radius 1 is 0.657 bits per heavy atom. The van der Waals surface area contributed by atoms with E-state index in [1.165, 1.54) is 26.4 Å². The van der Waals surface area contributed by atoms with Crippen molar-refractivity contribution in [3.63, 3.8) is 0 Å². The SMILES string of the molecule is COc1ccc(C(C2C(=O)Oc3ccccc3C2=O)C2C(=O)Oc3ccccc3C2=O)cc1OC. The van der Waals surface area contributed by atoms with Gasteiger partial charge in [-0.05, 0) is 42.0 Å². The molecule has 2 atom stereocenters. The molecule has 2 heterocycles. The number of methoxy groups -OCH3 is 2. The molecule has 2 aliphatic rings. The van der Waals surface area contributed by atoms with E-state index < -0.39 is 41.3 Å². The molecule has 0 spiro atoms. The standard InChI is InChI=1S/C27H20O8/c1-32-19-12-11-14(13-20(19)33-2)21(22-24(28)15-7-3-5-9-17(15)34-26(22)30)23-25(29)16-8-4-6-10-18(16)35-27(23)31/h3-13,21-23H,1-2H3. The zero-order chi connectivity index (χ0) is 24.7. The largest absolute Gasteiger partial charge is 0.493 e. The van der Waals surface area contributed by atoms with Crippen LogP contribution >= 0.6 is 0 Å².